The molecule has 0 spiro atoms. The molecule has 2 N–H and O–H groups in total. The summed E-state index contributed by atoms with van der Waals surface area (Å²) >= 11 is 0. The van der Waals surface area contributed by atoms with Gasteiger partial charge in [0.2, 0.25) is 0 Å². The molecule has 0 bridgehead atoms. The van der Waals surface area contributed by atoms with Crippen LogP contribution in [-0.2, 0) is 42.8 Å². The summed E-state index contributed by atoms with van der Waals surface area (Å²) in [6, 6.07) is 2.01. The Morgan fingerprint density at radius 1 is 0.725 bits per heavy atom. The fourth-order valence-corrected chi connectivity index (χ4v) is 7.27. The van der Waals surface area contributed by atoms with Crippen molar-refractivity contribution in [3.05, 3.63) is 46.0 Å². The van der Waals surface area contributed by atoms with Crippen LogP contribution in [0.15, 0.2) is 12.1 Å². The molecule has 0 radical (unpaired) electrons. The fraction of sp³-hybridized carbons (Fsp3) is 0.690. The minimum Gasteiger partial charge on any atom is -0.348 e. The Labute approximate surface area is 232 Å². The van der Waals surface area contributed by atoms with Crippen LogP contribution in [0.1, 0.15) is 73.7 Å². The summed E-state index contributed by atoms with van der Waals surface area (Å²) in [5.41, 5.74) is 5.08. The Bertz CT molecular complexity index is 1240. The smallest absolute Gasteiger partial charge is 0.273 e. The summed E-state index contributed by atoms with van der Waals surface area (Å²) in [7, 11) is 3.75. The van der Waals surface area contributed by atoms with Gasteiger partial charge in [-0.1, -0.05) is 27.7 Å². The highest BCUT2D eigenvalue weighted by molar-refractivity contribution is 5.91. The zero-order valence-electron chi connectivity index (χ0n) is 24.2. The third-order valence-corrected chi connectivity index (χ3v) is 9.53. The van der Waals surface area contributed by atoms with Gasteiger partial charge in [-0.15, -0.1) is 0 Å². The predicted molar refractivity (Wildman–Crippen MR) is 144 cm³/mol. The molecule has 0 amide bonds. The van der Waals surface area contributed by atoms with E-state index in [1.165, 1.54) is 9.80 Å². The van der Waals surface area contributed by atoms with Crippen LogP contribution in [0.2, 0.25) is 0 Å². The number of hydrogen-bond donors (Lipinski definition) is 2. The number of carbonyl (C=O) groups is 1. The highest BCUT2D eigenvalue weighted by atomic mass is 19.3. The van der Waals surface area contributed by atoms with Crippen LogP contribution < -0.4 is 10.6 Å². The highest BCUT2D eigenvalue weighted by Gasteiger charge is 2.55. The molecule has 2 aromatic rings. The van der Waals surface area contributed by atoms with E-state index in [0.717, 1.165) is 35.6 Å². The molecule has 6 rings (SSSR count). The van der Waals surface area contributed by atoms with Gasteiger partial charge in [-0.25, -0.2) is 17.6 Å². The summed E-state index contributed by atoms with van der Waals surface area (Å²) < 4.78 is 60.9. The second kappa shape index (κ2) is 8.89. The van der Waals surface area contributed by atoms with Gasteiger partial charge < -0.3 is 19.8 Å². The van der Waals surface area contributed by atoms with Gasteiger partial charge in [0.25, 0.3) is 11.8 Å². The third kappa shape index (κ3) is 4.35. The molecule has 0 saturated carbocycles. The van der Waals surface area contributed by atoms with Gasteiger partial charge in [0, 0.05) is 73.9 Å². The van der Waals surface area contributed by atoms with Gasteiger partial charge in [-0.3, -0.25) is 14.6 Å². The van der Waals surface area contributed by atoms with Crippen molar-refractivity contribution < 1.29 is 22.4 Å². The van der Waals surface area contributed by atoms with E-state index in [-0.39, 0.29) is 16.6 Å². The summed E-state index contributed by atoms with van der Waals surface area (Å²) in [4.78, 5) is 17.8. The molecule has 6 heterocycles. The molecule has 2 unspecified atom stereocenters. The Morgan fingerprint density at radius 2 is 1.07 bits per heavy atom. The van der Waals surface area contributed by atoms with E-state index in [1.54, 1.807) is 0 Å². The maximum atomic E-state index is 14.8. The van der Waals surface area contributed by atoms with E-state index in [9.17, 15) is 22.4 Å². The van der Waals surface area contributed by atoms with Crippen LogP contribution in [0.3, 0.4) is 0 Å². The number of halogens is 4. The first-order valence-electron chi connectivity index (χ1n) is 14.1. The van der Waals surface area contributed by atoms with Crippen LogP contribution >= 0.6 is 0 Å². The number of alkyl halides is 4. The van der Waals surface area contributed by atoms with Crippen LogP contribution in [0, 0.1) is 0 Å². The highest BCUT2D eigenvalue weighted by Crippen LogP contribution is 2.45. The number of nitrogens with zero attached hydrogens (tertiary/aromatic N) is 4. The van der Waals surface area contributed by atoms with Crippen molar-refractivity contribution in [2.45, 2.75) is 75.5 Å². The molecule has 0 aromatic carbocycles. The van der Waals surface area contributed by atoms with Gasteiger partial charge in [-0.05, 0) is 23.3 Å². The lowest BCUT2D eigenvalue weighted by molar-refractivity contribution is -0.174. The largest absolute Gasteiger partial charge is 0.348 e. The van der Waals surface area contributed by atoms with Crippen molar-refractivity contribution in [3.63, 3.8) is 0 Å². The van der Waals surface area contributed by atoms with Gasteiger partial charge in [0.15, 0.2) is 5.78 Å². The Balaban J connectivity index is 1.47. The molecule has 0 aliphatic carbocycles. The first-order valence-corrected chi connectivity index (χ1v) is 14.1. The number of fused-ring (bicyclic) bond motifs is 2. The van der Waals surface area contributed by atoms with Crippen molar-refractivity contribution in [1.29, 1.82) is 0 Å². The van der Waals surface area contributed by atoms with E-state index in [0.29, 0.717) is 24.5 Å². The fourth-order valence-electron chi connectivity index (χ4n) is 7.27. The Kier molecular flexibility index (Phi) is 6.21. The summed E-state index contributed by atoms with van der Waals surface area (Å²) in [6.07, 6.45) is 0. The Hall–Kier alpha value is -2.21. The van der Waals surface area contributed by atoms with E-state index >= 15 is 0 Å². The molecule has 4 aliphatic rings. The Morgan fingerprint density at radius 3 is 1.38 bits per heavy atom. The van der Waals surface area contributed by atoms with Crippen molar-refractivity contribution in [1.82, 2.24) is 29.6 Å². The van der Waals surface area contributed by atoms with Crippen LogP contribution in [-0.4, -0.2) is 75.8 Å². The van der Waals surface area contributed by atoms with Gasteiger partial charge in [-0.2, -0.15) is 0 Å². The number of aromatic nitrogens is 2. The third-order valence-electron chi connectivity index (χ3n) is 9.53. The molecule has 4 aliphatic heterocycles. The second-order valence-electron chi connectivity index (χ2n) is 13.7. The number of Topliss-reactive ketones (excluding diaryl/α,β-unsaturated/α-hetero) is 1. The monoisotopic (exact) mass is 564 g/mol. The number of ketones is 1. The zero-order chi connectivity index (χ0) is 29.0. The molecule has 40 heavy (non-hydrogen) atoms. The number of rotatable bonds is 6. The van der Waals surface area contributed by atoms with Gasteiger partial charge in [0.1, 0.15) is 12.1 Å². The molecule has 2 atom stereocenters. The molecule has 2 aromatic heterocycles. The molecule has 11 heteroatoms. The zero-order valence-corrected chi connectivity index (χ0v) is 24.2. The van der Waals surface area contributed by atoms with E-state index < -0.39 is 50.1 Å². The topological polar surface area (TPSA) is 57.5 Å². The van der Waals surface area contributed by atoms with Crippen molar-refractivity contribution in [2.75, 3.05) is 39.3 Å². The lowest BCUT2D eigenvalue weighted by Crippen LogP contribution is -2.62. The number of carbonyl (C=O) groups excluding carboxylic acids is 1. The van der Waals surface area contributed by atoms with Crippen molar-refractivity contribution >= 4 is 5.78 Å². The van der Waals surface area contributed by atoms with Gasteiger partial charge >= 0.3 is 0 Å². The van der Waals surface area contributed by atoms with Crippen LogP contribution in [0.4, 0.5) is 17.6 Å². The average Bonchev–Trinajstić information content (AvgIpc) is 3.31. The molecule has 2 saturated heterocycles. The molecule has 2 fully saturated rings. The lowest BCUT2D eigenvalue weighted by Gasteiger charge is -2.47. The minimum atomic E-state index is -2.89. The number of hydrogen-bond acceptors (Lipinski definition) is 5. The first-order chi connectivity index (χ1) is 18.5. The van der Waals surface area contributed by atoms with Crippen LogP contribution in [0.25, 0.3) is 0 Å². The molecular formula is C29H40F4N6O. The van der Waals surface area contributed by atoms with Crippen molar-refractivity contribution in [2.24, 2.45) is 14.1 Å². The maximum Gasteiger partial charge on any atom is 0.273 e. The SMILES string of the molecule is Cn1c(C(C(=O)C(c2cc3c(n2C)CNCC3(C)C)N2CC(F)(F)C2)N2CC(F)(F)C2)cc2c1CNCC2(C)C. The molecule has 7 nitrogen and oxygen atoms in total. The standard InChI is InChI=1S/C29H40F4N6O/c1-26(2)11-34-9-21-17(26)7-19(36(21)5)23(38-13-28(30,31)14-38)25(40)24(39-15-29(32,33)16-39)20-8-18-22(37(20)6)10-35-12-27(18,3)4/h7-8,23-24,34-35H,9-16H2,1-6H3. The quantitative estimate of drug-likeness (QED) is 0.527. The van der Waals surface area contributed by atoms with E-state index in [2.05, 4.69) is 38.3 Å². The lowest BCUT2D eigenvalue weighted by atomic mass is 9.81. The summed E-state index contributed by atoms with van der Waals surface area (Å²) in [5, 5.41) is 6.84. The molecular weight excluding hydrogens is 524 g/mol. The average molecular weight is 565 g/mol. The molecule has 220 valence electrons. The van der Waals surface area contributed by atoms with Gasteiger partial charge in [0.05, 0.1) is 26.2 Å². The predicted octanol–water partition coefficient (Wildman–Crippen LogP) is 3.38. The number of likely N-dealkylation sites (tertiary alicyclic amines) is 2. The van der Waals surface area contributed by atoms with E-state index in [4.69, 9.17) is 0 Å². The van der Waals surface area contributed by atoms with Crippen molar-refractivity contribution in [3.8, 4) is 0 Å². The minimum absolute atomic E-state index is 0.204. The maximum absolute atomic E-state index is 14.8. The summed E-state index contributed by atoms with van der Waals surface area (Å²) in [6.45, 7) is 9.06. The summed E-state index contributed by atoms with van der Waals surface area (Å²) in [5.74, 6) is -6.11. The first kappa shape index (κ1) is 27.9. The second-order valence-corrected chi connectivity index (χ2v) is 13.7. The van der Waals surface area contributed by atoms with E-state index in [1.807, 2.05) is 35.4 Å². The normalized spacial score (nSPS) is 26.2. The van der Waals surface area contributed by atoms with Crippen LogP contribution in [0.5, 0.6) is 0 Å². The number of nitrogens with one attached hydrogen (secondary N) is 2.